The Morgan fingerprint density at radius 1 is 1.06 bits per heavy atom. The molecule has 0 saturated carbocycles. The van der Waals surface area contributed by atoms with Gasteiger partial charge in [-0.2, -0.15) is 0 Å². The Balaban J connectivity index is 3.97. The van der Waals surface area contributed by atoms with Gasteiger partial charge in [0.2, 0.25) is 0 Å². The van der Waals surface area contributed by atoms with E-state index in [0.717, 1.165) is 18.9 Å². The van der Waals surface area contributed by atoms with E-state index in [1.54, 1.807) is 0 Å². The summed E-state index contributed by atoms with van der Waals surface area (Å²) in [5.41, 5.74) is 1.34. The van der Waals surface area contributed by atoms with Crippen molar-refractivity contribution in [1.29, 1.82) is 0 Å². The molecular formula is C15H33NSi. The van der Waals surface area contributed by atoms with E-state index in [1.165, 1.54) is 36.3 Å². The summed E-state index contributed by atoms with van der Waals surface area (Å²) in [4.78, 5) is 4.71. The van der Waals surface area contributed by atoms with Crippen LogP contribution in [0, 0.1) is 5.92 Å². The summed E-state index contributed by atoms with van der Waals surface area (Å²) in [6, 6.07) is 5.84. The highest BCUT2D eigenvalue weighted by Crippen LogP contribution is 2.26. The van der Waals surface area contributed by atoms with Crippen LogP contribution in [0.2, 0.25) is 24.2 Å². The lowest BCUT2D eigenvalue weighted by Gasteiger charge is -2.27. The zero-order valence-electron chi connectivity index (χ0n) is 13.0. The van der Waals surface area contributed by atoms with Crippen molar-refractivity contribution >= 4 is 13.8 Å². The molecule has 0 fully saturated rings. The fraction of sp³-hybridized carbons (Fsp3) is 0.933. The van der Waals surface area contributed by atoms with Gasteiger partial charge in [-0.1, -0.05) is 58.8 Å². The number of rotatable bonds is 9. The molecule has 0 amide bonds. The maximum absolute atomic E-state index is 4.71. The van der Waals surface area contributed by atoms with Gasteiger partial charge >= 0.3 is 0 Å². The van der Waals surface area contributed by atoms with Crippen molar-refractivity contribution in [2.24, 2.45) is 10.9 Å². The Bertz CT molecular complexity index is 209. The van der Waals surface area contributed by atoms with Gasteiger partial charge in [-0.25, -0.2) is 0 Å². The number of aliphatic imine (C=N–C) groups is 1. The summed E-state index contributed by atoms with van der Waals surface area (Å²) in [7, 11) is -0.891. The van der Waals surface area contributed by atoms with E-state index in [1.807, 2.05) is 0 Å². The van der Waals surface area contributed by atoms with E-state index < -0.39 is 8.07 Å². The van der Waals surface area contributed by atoms with Gasteiger partial charge < -0.3 is 0 Å². The normalized spacial score (nSPS) is 13.5. The first kappa shape index (κ1) is 16.9. The summed E-state index contributed by atoms with van der Waals surface area (Å²) < 4.78 is 0. The second kappa shape index (κ2) is 8.90. The molecule has 0 aliphatic carbocycles. The lowest BCUT2D eigenvalue weighted by atomic mass is 10.1. The molecule has 0 aromatic rings. The van der Waals surface area contributed by atoms with Crippen molar-refractivity contribution < 1.29 is 0 Å². The highest BCUT2D eigenvalue weighted by atomic mass is 28.3. The molecule has 0 aliphatic rings. The van der Waals surface area contributed by atoms with Crippen LogP contribution in [0.3, 0.4) is 0 Å². The fourth-order valence-electron chi connectivity index (χ4n) is 2.66. The van der Waals surface area contributed by atoms with Gasteiger partial charge in [0.05, 0.1) is 8.07 Å². The summed E-state index contributed by atoms with van der Waals surface area (Å²) in [5, 5.41) is 0. The quantitative estimate of drug-likeness (QED) is 0.297. The molecule has 0 spiro atoms. The number of hydrogen-bond donors (Lipinski definition) is 0. The molecule has 0 aliphatic heterocycles. The molecule has 0 aromatic heterocycles. The first-order chi connectivity index (χ1) is 7.99. The third-order valence-corrected chi connectivity index (χ3v) is 10.1. The smallest absolute Gasteiger partial charge is 0.0528 e. The Hall–Kier alpha value is -0.113. The average molecular weight is 256 g/mol. The second-order valence-corrected chi connectivity index (χ2v) is 11.5. The third kappa shape index (κ3) is 7.02. The van der Waals surface area contributed by atoms with Crippen LogP contribution < -0.4 is 0 Å². The minimum Gasteiger partial charge on any atom is -0.294 e. The largest absolute Gasteiger partial charge is 0.294 e. The van der Waals surface area contributed by atoms with Crippen molar-refractivity contribution in [2.45, 2.75) is 78.6 Å². The number of nitrogens with zero attached hydrogens (tertiary/aromatic N) is 1. The highest BCUT2D eigenvalue weighted by Gasteiger charge is 2.25. The average Bonchev–Trinajstić information content (AvgIpc) is 2.29. The van der Waals surface area contributed by atoms with Crippen molar-refractivity contribution in [3.63, 3.8) is 0 Å². The molecule has 0 saturated heterocycles. The van der Waals surface area contributed by atoms with Gasteiger partial charge in [-0.05, 0) is 25.7 Å². The van der Waals surface area contributed by atoms with Gasteiger partial charge in [0, 0.05) is 12.3 Å². The minimum atomic E-state index is -0.891. The van der Waals surface area contributed by atoms with Crippen LogP contribution in [0.1, 0.15) is 54.4 Å². The van der Waals surface area contributed by atoms with Gasteiger partial charge in [0.25, 0.3) is 0 Å². The molecule has 0 unspecified atom stereocenters. The van der Waals surface area contributed by atoms with Gasteiger partial charge in [-0.3, -0.25) is 4.99 Å². The van der Waals surface area contributed by atoms with Crippen LogP contribution in [-0.2, 0) is 0 Å². The molecule has 0 bridgehead atoms. The molecule has 0 atom stereocenters. The van der Waals surface area contributed by atoms with E-state index in [9.17, 15) is 0 Å². The van der Waals surface area contributed by atoms with E-state index in [0.29, 0.717) is 0 Å². The van der Waals surface area contributed by atoms with Crippen LogP contribution in [0.5, 0.6) is 0 Å². The van der Waals surface area contributed by atoms with Crippen LogP contribution in [0.15, 0.2) is 4.99 Å². The lowest BCUT2D eigenvalue weighted by Crippen LogP contribution is -2.31. The molecule has 0 N–H and O–H groups in total. The Morgan fingerprint density at radius 2 is 1.59 bits per heavy atom. The maximum Gasteiger partial charge on any atom is 0.0528 e. The van der Waals surface area contributed by atoms with Gasteiger partial charge in [0.1, 0.15) is 0 Å². The van der Waals surface area contributed by atoms with E-state index >= 15 is 0 Å². The van der Waals surface area contributed by atoms with Gasteiger partial charge in [0.15, 0.2) is 0 Å². The van der Waals surface area contributed by atoms with Crippen molar-refractivity contribution in [1.82, 2.24) is 0 Å². The predicted molar refractivity (Wildman–Crippen MR) is 84.1 cm³/mol. The zero-order chi connectivity index (χ0) is 13.3. The molecule has 0 rings (SSSR count). The Kier molecular flexibility index (Phi) is 8.84. The SMILES string of the molecule is CC[Si](CC)(CC)CCC/N=C(\C)CC(C)C. The molecule has 1 nitrogen and oxygen atoms in total. The molecule has 2 heteroatoms. The van der Waals surface area contributed by atoms with Crippen LogP contribution in [-0.4, -0.2) is 20.3 Å². The monoisotopic (exact) mass is 255 g/mol. The maximum atomic E-state index is 4.71. The molecule has 0 radical (unpaired) electrons. The first-order valence-corrected chi connectivity index (χ1v) is 10.3. The topological polar surface area (TPSA) is 12.4 Å². The third-order valence-electron chi connectivity index (χ3n) is 4.20. The van der Waals surface area contributed by atoms with Crippen LogP contribution in [0.4, 0.5) is 0 Å². The molecule has 0 heterocycles. The summed E-state index contributed by atoms with van der Waals surface area (Å²) in [5.74, 6) is 0.745. The highest BCUT2D eigenvalue weighted by molar-refractivity contribution is 6.79. The van der Waals surface area contributed by atoms with E-state index in [2.05, 4.69) is 41.5 Å². The summed E-state index contributed by atoms with van der Waals surface area (Å²) in [6.45, 7) is 15.0. The number of hydrogen-bond acceptors (Lipinski definition) is 1. The van der Waals surface area contributed by atoms with E-state index in [-0.39, 0.29) is 0 Å². The van der Waals surface area contributed by atoms with Crippen LogP contribution >= 0.6 is 0 Å². The van der Waals surface area contributed by atoms with Crippen LogP contribution in [0.25, 0.3) is 0 Å². The van der Waals surface area contributed by atoms with Crippen molar-refractivity contribution in [3.05, 3.63) is 0 Å². The second-order valence-electron chi connectivity index (χ2n) is 5.88. The lowest BCUT2D eigenvalue weighted by molar-refractivity contribution is 0.679. The minimum absolute atomic E-state index is 0.745. The first-order valence-electron chi connectivity index (χ1n) is 7.49. The predicted octanol–water partition coefficient (Wildman–Crippen LogP) is 5.39. The standard InChI is InChI=1S/C15H33NSi/c1-7-17(8-2,9-3)12-10-11-16-15(6)13-14(4)5/h14H,7-13H2,1-6H3/b16-15+. The van der Waals surface area contributed by atoms with Gasteiger partial charge in [-0.15, -0.1) is 0 Å². The molecule has 17 heavy (non-hydrogen) atoms. The van der Waals surface area contributed by atoms with Crippen molar-refractivity contribution in [2.75, 3.05) is 6.54 Å². The summed E-state index contributed by atoms with van der Waals surface area (Å²) >= 11 is 0. The Labute approximate surface area is 110 Å². The zero-order valence-corrected chi connectivity index (χ0v) is 14.0. The van der Waals surface area contributed by atoms with E-state index in [4.69, 9.17) is 4.99 Å². The molecule has 102 valence electrons. The molecule has 0 aromatic carbocycles. The van der Waals surface area contributed by atoms with Crippen molar-refractivity contribution in [3.8, 4) is 0 Å². The summed E-state index contributed by atoms with van der Waals surface area (Å²) in [6.07, 6.45) is 2.48. The Morgan fingerprint density at radius 3 is 2.00 bits per heavy atom. The fourth-order valence-corrected chi connectivity index (χ4v) is 6.13. The molecular weight excluding hydrogens is 222 g/mol.